The van der Waals surface area contributed by atoms with Crippen LogP contribution in [0.5, 0.6) is 0 Å². The molecule has 0 aromatic heterocycles. The van der Waals surface area contributed by atoms with E-state index >= 15 is 0 Å². The zero-order chi connectivity index (χ0) is 22.1. The van der Waals surface area contributed by atoms with Crippen molar-refractivity contribution in [3.8, 4) is 0 Å². The zero-order valence-electron chi connectivity index (χ0n) is 19.3. The van der Waals surface area contributed by atoms with E-state index in [0.717, 1.165) is 30.3 Å². The van der Waals surface area contributed by atoms with Gasteiger partial charge in [0.05, 0.1) is 19.3 Å². The van der Waals surface area contributed by atoms with Gasteiger partial charge in [0.25, 0.3) is 0 Å². The van der Waals surface area contributed by atoms with Crippen molar-refractivity contribution in [3.63, 3.8) is 0 Å². The van der Waals surface area contributed by atoms with Crippen molar-refractivity contribution in [2.45, 2.75) is 57.2 Å². The Kier molecular flexibility index (Phi) is 6.56. The lowest BCUT2D eigenvalue weighted by atomic mass is 9.76. The van der Waals surface area contributed by atoms with E-state index in [9.17, 15) is 5.21 Å². The summed E-state index contributed by atoms with van der Waals surface area (Å²) < 4.78 is 11.6. The first kappa shape index (κ1) is 22.5. The third-order valence-corrected chi connectivity index (χ3v) is 8.17. The fourth-order valence-corrected chi connectivity index (χ4v) is 5.31. The summed E-state index contributed by atoms with van der Waals surface area (Å²) in [5, 5.41) is 13.6. The highest BCUT2D eigenvalue weighted by Crippen LogP contribution is 2.49. The highest BCUT2D eigenvalue weighted by molar-refractivity contribution is 6.76. The zero-order valence-corrected chi connectivity index (χ0v) is 20.3. The molecule has 5 nitrogen and oxygen atoms in total. The van der Waals surface area contributed by atoms with E-state index in [-0.39, 0.29) is 6.73 Å². The van der Waals surface area contributed by atoms with Gasteiger partial charge < -0.3 is 19.6 Å². The van der Waals surface area contributed by atoms with Crippen molar-refractivity contribution in [1.82, 2.24) is 4.65 Å². The van der Waals surface area contributed by atoms with E-state index in [4.69, 9.17) is 9.47 Å². The van der Waals surface area contributed by atoms with Crippen molar-refractivity contribution in [2.75, 3.05) is 32.0 Å². The monoisotopic (exact) mass is 440 g/mol. The van der Waals surface area contributed by atoms with Crippen LogP contribution in [0.3, 0.4) is 0 Å². The summed E-state index contributed by atoms with van der Waals surface area (Å²) in [6, 6.07) is 17.6. The molecule has 2 aliphatic rings. The van der Waals surface area contributed by atoms with E-state index in [1.165, 1.54) is 11.1 Å². The smallest absolute Gasteiger partial charge is 0.189 e. The lowest BCUT2D eigenvalue weighted by Gasteiger charge is -2.38. The molecule has 4 rings (SSSR count). The second kappa shape index (κ2) is 9.04. The van der Waals surface area contributed by atoms with Gasteiger partial charge in [-0.2, -0.15) is 0 Å². The average Bonchev–Trinajstić information content (AvgIpc) is 2.95. The molecule has 2 aromatic rings. The first-order valence-electron chi connectivity index (χ1n) is 11.4. The SMILES string of the molecule is CN1C[N+]([O-])(COCC[Si](C)(C)C)c2cccc(C3CC(OCc4ccccc4)C3)c21. The number of nitrogens with zero attached hydrogens (tertiary/aromatic N) is 2. The topological polar surface area (TPSA) is 44.8 Å². The summed E-state index contributed by atoms with van der Waals surface area (Å²) in [5.41, 5.74) is 4.46. The molecule has 1 unspecified atom stereocenters. The number of rotatable bonds is 9. The Hall–Kier alpha value is -1.70. The molecule has 1 aliphatic carbocycles. The van der Waals surface area contributed by atoms with E-state index in [1.54, 1.807) is 0 Å². The molecule has 0 spiro atoms. The Balaban J connectivity index is 1.37. The van der Waals surface area contributed by atoms with E-state index in [1.807, 2.05) is 37.4 Å². The molecule has 0 saturated heterocycles. The van der Waals surface area contributed by atoms with Crippen LogP contribution in [0.4, 0.5) is 11.4 Å². The molecule has 0 bridgehead atoms. The first-order chi connectivity index (χ1) is 14.8. The minimum absolute atomic E-state index is 0.193. The summed E-state index contributed by atoms with van der Waals surface area (Å²) in [6.45, 7) is 8.95. The number of quaternary nitrogens is 1. The van der Waals surface area contributed by atoms with Crippen molar-refractivity contribution in [3.05, 3.63) is 64.9 Å². The van der Waals surface area contributed by atoms with Gasteiger partial charge in [0.2, 0.25) is 0 Å². The van der Waals surface area contributed by atoms with Gasteiger partial charge >= 0.3 is 0 Å². The number of para-hydroxylation sites is 1. The molecule has 31 heavy (non-hydrogen) atoms. The fraction of sp³-hybridized carbons (Fsp3) is 0.520. The highest BCUT2D eigenvalue weighted by Gasteiger charge is 2.40. The van der Waals surface area contributed by atoms with Gasteiger partial charge in [-0.3, -0.25) is 4.65 Å². The van der Waals surface area contributed by atoms with E-state index < -0.39 is 12.7 Å². The second-order valence-electron chi connectivity index (χ2n) is 10.4. The van der Waals surface area contributed by atoms with Crippen LogP contribution in [-0.2, 0) is 16.1 Å². The van der Waals surface area contributed by atoms with Gasteiger partial charge in [-0.1, -0.05) is 62.1 Å². The molecule has 0 N–H and O–H groups in total. The predicted octanol–water partition coefficient (Wildman–Crippen LogP) is 5.67. The van der Waals surface area contributed by atoms with Crippen LogP contribution in [-0.4, -0.2) is 41.2 Å². The highest BCUT2D eigenvalue weighted by atomic mass is 28.3. The Bertz CT molecular complexity index is 880. The van der Waals surface area contributed by atoms with Crippen LogP contribution in [0.15, 0.2) is 48.5 Å². The first-order valence-corrected chi connectivity index (χ1v) is 15.1. The molecule has 168 valence electrons. The van der Waals surface area contributed by atoms with Gasteiger partial charge in [-0.05, 0) is 35.9 Å². The molecule has 0 radical (unpaired) electrons. The number of hydroxylamine groups is 2. The maximum Gasteiger partial charge on any atom is 0.189 e. The van der Waals surface area contributed by atoms with Crippen LogP contribution in [0, 0.1) is 5.21 Å². The maximum atomic E-state index is 13.6. The molecule has 1 saturated carbocycles. The molecule has 0 amide bonds. The Morgan fingerprint density at radius 3 is 2.52 bits per heavy atom. The van der Waals surface area contributed by atoms with Crippen LogP contribution in [0.1, 0.15) is 29.9 Å². The van der Waals surface area contributed by atoms with Crippen molar-refractivity contribution >= 4 is 19.4 Å². The normalized spacial score (nSPS) is 25.4. The quantitative estimate of drug-likeness (QED) is 0.218. The number of hydrogen-bond donors (Lipinski definition) is 0. The third kappa shape index (κ3) is 5.21. The molecule has 1 heterocycles. The minimum atomic E-state index is -1.16. The fourth-order valence-electron chi connectivity index (χ4n) is 4.56. The van der Waals surface area contributed by atoms with Gasteiger partial charge in [0, 0.05) is 21.2 Å². The van der Waals surface area contributed by atoms with E-state index in [0.29, 0.717) is 31.9 Å². The van der Waals surface area contributed by atoms with Crippen LogP contribution in [0.25, 0.3) is 0 Å². The maximum absolute atomic E-state index is 13.6. The summed E-state index contributed by atoms with van der Waals surface area (Å²) >= 11 is 0. The van der Waals surface area contributed by atoms with Crippen molar-refractivity contribution < 1.29 is 9.47 Å². The molecule has 1 aliphatic heterocycles. The standard InChI is InChI=1S/C25H36N2O3Si/c1-26-18-27(28,19-29-13-14-31(2,3)4)24-12-8-11-23(25(24)26)21-15-22(16-21)30-17-20-9-6-5-7-10-20/h5-12,21-22H,13-19H2,1-4H3. The summed E-state index contributed by atoms with van der Waals surface area (Å²) in [7, 11) is 0.876. The van der Waals surface area contributed by atoms with Crippen LogP contribution >= 0.6 is 0 Å². The Morgan fingerprint density at radius 1 is 1.06 bits per heavy atom. The Morgan fingerprint density at radius 2 is 1.81 bits per heavy atom. The van der Waals surface area contributed by atoms with Gasteiger partial charge in [-0.25, -0.2) is 0 Å². The van der Waals surface area contributed by atoms with Gasteiger partial charge in [0.15, 0.2) is 19.1 Å². The van der Waals surface area contributed by atoms with Crippen molar-refractivity contribution in [1.29, 1.82) is 0 Å². The largest absolute Gasteiger partial charge is 0.624 e. The number of hydrogen-bond acceptors (Lipinski definition) is 4. The molecule has 1 atom stereocenters. The average molecular weight is 441 g/mol. The number of ether oxygens (including phenoxy) is 2. The second-order valence-corrected chi connectivity index (χ2v) is 16.0. The predicted molar refractivity (Wildman–Crippen MR) is 131 cm³/mol. The lowest BCUT2D eigenvalue weighted by Crippen LogP contribution is -2.46. The molecule has 1 fully saturated rings. The summed E-state index contributed by atoms with van der Waals surface area (Å²) in [6.07, 6.45) is 2.33. The number of benzene rings is 2. The summed E-state index contributed by atoms with van der Waals surface area (Å²) in [5.74, 6) is 0.456. The molecular weight excluding hydrogens is 404 g/mol. The Labute approximate surface area is 187 Å². The van der Waals surface area contributed by atoms with E-state index in [2.05, 4.69) is 42.7 Å². The number of fused-ring (bicyclic) bond motifs is 1. The van der Waals surface area contributed by atoms with Crippen LogP contribution < -0.4 is 9.55 Å². The third-order valence-electron chi connectivity index (χ3n) is 6.47. The summed E-state index contributed by atoms with van der Waals surface area (Å²) in [4.78, 5) is 2.12. The van der Waals surface area contributed by atoms with Crippen LogP contribution in [0.2, 0.25) is 25.7 Å². The lowest BCUT2D eigenvalue weighted by molar-refractivity contribution is -0.0206. The molecule has 2 aromatic carbocycles. The minimum Gasteiger partial charge on any atom is -0.624 e. The van der Waals surface area contributed by atoms with Gasteiger partial charge in [-0.15, -0.1) is 0 Å². The molecular formula is C25H36N2O3Si. The van der Waals surface area contributed by atoms with Gasteiger partial charge in [0.1, 0.15) is 5.69 Å². The number of anilines is 1. The molecule has 6 heteroatoms. The van der Waals surface area contributed by atoms with Crippen molar-refractivity contribution in [2.24, 2.45) is 0 Å².